The molecule has 0 aliphatic heterocycles. The van der Waals surface area contributed by atoms with Crippen LogP contribution in [-0.2, 0) is 51.1 Å². The van der Waals surface area contributed by atoms with Gasteiger partial charge in [0.15, 0.2) is 11.4 Å². The summed E-state index contributed by atoms with van der Waals surface area (Å²) in [5, 5.41) is 30.2. The zero-order chi connectivity index (χ0) is 55.1. The first-order valence-electron chi connectivity index (χ1n) is 26.7. The van der Waals surface area contributed by atoms with E-state index in [1.807, 2.05) is 19.9 Å². The van der Waals surface area contributed by atoms with Crippen molar-refractivity contribution in [1.29, 1.82) is 0 Å². The fourth-order valence-corrected chi connectivity index (χ4v) is 14.9. The van der Waals surface area contributed by atoms with E-state index in [0.717, 1.165) is 38.5 Å². The van der Waals surface area contributed by atoms with E-state index in [1.54, 1.807) is 26.8 Å². The Morgan fingerprint density at radius 2 is 1.59 bits per heavy atom. The minimum absolute atomic E-state index is 0.00784. The van der Waals surface area contributed by atoms with Gasteiger partial charge >= 0.3 is 18.2 Å². The van der Waals surface area contributed by atoms with Gasteiger partial charge in [0, 0.05) is 65.4 Å². The van der Waals surface area contributed by atoms with Crippen LogP contribution < -0.4 is 0 Å². The molecule has 0 spiro atoms. The normalized spacial score (nSPS) is 27.8. The van der Waals surface area contributed by atoms with Gasteiger partial charge in [-0.1, -0.05) is 105 Å². The maximum absolute atomic E-state index is 16.5. The van der Waals surface area contributed by atoms with Gasteiger partial charge in [-0.25, -0.2) is 18.4 Å². The number of aryl methyl sites for hydroxylation is 1. The minimum atomic E-state index is -1.80. The predicted octanol–water partition coefficient (Wildman–Crippen LogP) is 11.2. The number of esters is 1. The molecule has 3 saturated carbocycles. The molecule has 10 atom stereocenters. The number of hydrogen-bond donors (Lipinski definition) is 3. The molecule has 0 radical (unpaired) electrons. The quantitative estimate of drug-likeness (QED) is 0.0315. The lowest BCUT2D eigenvalue weighted by atomic mass is 9.39. The lowest BCUT2D eigenvalue weighted by Gasteiger charge is -2.66. The SMILES string of the molecule is CCC(=O)O[C@]1(C(=O)SCF)[C@H](C)C[C@H]2[C@@H]3C[C@H](F)C4=CC(=O)C=C[C@]4(C)[C@@]3(C)[C@@H](OC(=O)OCCSSCCOC(=O)N(CCCCCOCCCCCc3ccccc3)CC(O)c3ccc(O)c(CO)c3)C[C@@]21C. The van der Waals surface area contributed by atoms with Crippen molar-refractivity contribution in [2.24, 2.45) is 34.0 Å². The number of alkyl halides is 2. The van der Waals surface area contributed by atoms with Crippen molar-refractivity contribution in [2.45, 2.75) is 136 Å². The number of allylic oxidation sites excluding steroid dienone is 4. The third-order valence-corrected chi connectivity index (χ3v) is 19.7. The molecule has 0 heterocycles. The molecule has 6 rings (SSSR count). The van der Waals surface area contributed by atoms with Gasteiger partial charge in [0.2, 0.25) is 5.12 Å². The number of fused-ring (bicyclic) bond motifs is 5. The summed E-state index contributed by atoms with van der Waals surface area (Å²) >= 11 is 0.428. The Kier molecular flexibility index (Phi) is 22.6. The number of thioether (sulfide) groups is 1. The van der Waals surface area contributed by atoms with Gasteiger partial charge in [0.1, 0.15) is 37.2 Å². The van der Waals surface area contributed by atoms with Crippen LogP contribution in [0, 0.1) is 34.0 Å². The molecule has 0 bridgehead atoms. The number of rotatable bonds is 28. The number of hydrogen-bond acceptors (Lipinski definition) is 16. The number of amides is 1. The van der Waals surface area contributed by atoms with E-state index >= 15 is 4.39 Å². The number of benzene rings is 2. The van der Waals surface area contributed by atoms with Crippen LogP contribution in [0.4, 0.5) is 18.4 Å². The Labute approximate surface area is 458 Å². The summed E-state index contributed by atoms with van der Waals surface area (Å²) in [6.07, 6.45) is 5.95. The first-order valence-corrected chi connectivity index (χ1v) is 30.1. The van der Waals surface area contributed by atoms with Crippen LogP contribution in [0.2, 0.25) is 0 Å². The molecule has 4 aliphatic carbocycles. The maximum Gasteiger partial charge on any atom is 0.508 e. The lowest BCUT2D eigenvalue weighted by molar-refractivity contribution is -0.222. The van der Waals surface area contributed by atoms with Crippen LogP contribution in [0.3, 0.4) is 0 Å². The first kappa shape index (κ1) is 61.1. The Hall–Kier alpha value is -4.14. The zero-order valence-electron chi connectivity index (χ0n) is 44.5. The van der Waals surface area contributed by atoms with Crippen molar-refractivity contribution in [2.75, 3.05) is 57.0 Å². The van der Waals surface area contributed by atoms with Gasteiger partial charge < -0.3 is 43.9 Å². The van der Waals surface area contributed by atoms with Gasteiger partial charge in [-0.05, 0) is 122 Å². The summed E-state index contributed by atoms with van der Waals surface area (Å²) in [5.41, 5.74) is -2.81. The largest absolute Gasteiger partial charge is 0.508 e. The smallest absolute Gasteiger partial charge is 0.508 e. The number of aliphatic hydroxyl groups excluding tert-OH is 2. The van der Waals surface area contributed by atoms with Gasteiger partial charge in [-0.2, -0.15) is 0 Å². The van der Waals surface area contributed by atoms with Crippen LogP contribution in [0.1, 0.15) is 122 Å². The molecule has 420 valence electrons. The molecule has 14 nitrogen and oxygen atoms in total. The summed E-state index contributed by atoms with van der Waals surface area (Å²) < 4.78 is 60.0. The van der Waals surface area contributed by atoms with Crippen LogP contribution in [0.5, 0.6) is 5.75 Å². The average Bonchev–Trinajstić information content (AvgIpc) is 3.73. The number of unbranched alkanes of at least 4 members (excludes halogenated alkanes) is 4. The molecule has 19 heteroatoms. The highest BCUT2D eigenvalue weighted by atomic mass is 33.1. The molecule has 1 unspecified atom stereocenters. The van der Waals surface area contributed by atoms with E-state index in [4.69, 9.17) is 23.7 Å². The third-order valence-electron chi connectivity index (χ3n) is 16.7. The maximum atomic E-state index is 16.5. The second kappa shape index (κ2) is 28.1. The monoisotopic (exact) mass is 1120 g/mol. The van der Waals surface area contributed by atoms with Crippen LogP contribution in [-0.4, -0.2) is 124 Å². The first-order chi connectivity index (χ1) is 36.4. The molecule has 2 aromatic carbocycles. The van der Waals surface area contributed by atoms with Crippen molar-refractivity contribution in [1.82, 2.24) is 4.90 Å². The molecule has 4 aliphatic rings. The number of carbonyl (C=O) groups excluding carboxylic acids is 5. The van der Waals surface area contributed by atoms with E-state index in [2.05, 4.69) is 24.3 Å². The Morgan fingerprint density at radius 1 is 0.895 bits per heavy atom. The summed E-state index contributed by atoms with van der Waals surface area (Å²) in [6.45, 7) is 10.1. The van der Waals surface area contributed by atoms with Gasteiger partial charge in [0.05, 0.1) is 19.3 Å². The third kappa shape index (κ3) is 13.8. The van der Waals surface area contributed by atoms with Crippen LogP contribution in [0.25, 0.3) is 0 Å². The molecule has 3 fully saturated rings. The van der Waals surface area contributed by atoms with Crippen molar-refractivity contribution in [3.63, 3.8) is 0 Å². The van der Waals surface area contributed by atoms with E-state index in [0.29, 0.717) is 61.4 Å². The fraction of sp³-hybridized carbons (Fsp3) is 0.632. The molecule has 0 aromatic heterocycles. The summed E-state index contributed by atoms with van der Waals surface area (Å²) in [6, 6.07) is 13.8. The number of ketones is 1. The molecule has 76 heavy (non-hydrogen) atoms. The number of aromatic hydroxyl groups is 1. The minimum Gasteiger partial charge on any atom is -0.508 e. The van der Waals surface area contributed by atoms with Crippen LogP contribution >= 0.6 is 33.3 Å². The second-order valence-corrected chi connectivity index (χ2v) is 24.6. The second-order valence-electron chi connectivity index (χ2n) is 21.0. The van der Waals surface area contributed by atoms with Crippen molar-refractivity contribution in [3.05, 3.63) is 89.0 Å². The van der Waals surface area contributed by atoms with Crippen molar-refractivity contribution < 1.29 is 71.8 Å². The van der Waals surface area contributed by atoms with Crippen molar-refractivity contribution in [3.8, 4) is 5.75 Å². The highest BCUT2D eigenvalue weighted by Gasteiger charge is 2.77. The Morgan fingerprint density at radius 3 is 2.28 bits per heavy atom. The number of ether oxygens (including phenoxy) is 5. The number of aliphatic hydroxyl groups is 2. The molecule has 3 N–H and O–H groups in total. The summed E-state index contributed by atoms with van der Waals surface area (Å²) in [4.78, 5) is 68.6. The highest BCUT2D eigenvalue weighted by molar-refractivity contribution is 8.76. The highest BCUT2D eigenvalue weighted by Crippen LogP contribution is 2.74. The van der Waals surface area contributed by atoms with Crippen molar-refractivity contribution >= 4 is 62.5 Å². The number of carbonyl (C=O) groups is 5. The van der Waals surface area contributed by atoms with E-state index in [-0.39, 0.29) is 61.7 Å². The number of phenols is 1. The van der Waals surface area contributed by atoms with E-state index < -0.39 is 93.9 Å². The number of halogens is 2. The number of nitrogens with zero attached hydrogens (tertiary/aromatic N) is 1. The molecule has 1 amide bonds. The predicted molar refractivity (Wildman–Crippen MR) is 291 cm³/mol. The molecule has 2 aromatic rings. The standard InChI is InChI=1S/C57H77F2NO13S3/c1-6-50(65)73-57(51(66)74-37-58)38(2)30-43-44-33-46(59)45-32-42(62)21-22-54(45,3)56(44,5)49(34-55(43,57)4)72-53(68)71-27-29-76-75-28-26-70-52(67)60(35-48(64)40-19-20-47(63)41(31-40)36-61)23-13-9-15-25-69-24-14-8-12-18-39-16-10-7-11-17-39/h7,10-11,16-17,19-22,31-32,38,43-44,46,48-49,61,63-64H,6,8-9,12-15,18,23-30,33-37H2,1-5H3/t38-,43+,44+,46+,48?,49+,54+,55+,56-,57+/m1/s1. The fourth-order valence-electron chi connectivity index (χ4n) is 12.5. The van der Waals surface area contributed by atoms with Gasteiger partial charge in [-0.15, -0.1) is 0 Å². The van der Waals surface area contributed by atoms with E-state index in [1.165, 1.54) is 62.4 Å². The molecule has 0 saturated heterocycles. The Balaban J connectivity index is 1.00. The average molecular weight is 1120 g/mol. The molecular weight excluding hydrogens is 1040 g/mol. The zero-order valence-corrected chi connectivity index (χ0v) is 47.0. The topological polar surface area (TPSA) is 195 Å². The van der Waals surface area contributed by atoms with Crippen LogP contribution in [0.15, 0.2) is 72.3 Å². The molecular formula is C57H77F2NO13S3. The van der Waals surface area contributed by atoms with Gasteiger partial charge in [0.25, 0.3) is 0 Å². The van der Waals surface area contributed by atoms with E-state index in [9.17, 15) is 43.7 Å². The Bertz CT molecular complexity index is 2360. The summed E-state index contributed by atoms with van der Waals surface area (Å²) in [7, 11) is 2.77. The lowest BCUT2D eigenvalue weighted by Crippen LogP contribution is -2.68. The van der Waals surface area contributed by atoms with Gasteiger partial charge in [-0.3, -0.25) is 14.4 Å². The summed E-state index contributed by atoms with van der Waals surface area (Å²) in [5.74, 6) is -1.90.